The molecule has 0 N–H and O–H groups in total. The Bertz CT molecular complexity index is 3080. The zero-order valence-electron chi connectivity index (χ0n) is 33.4. The minimum absolute atomic E-state index is 0.129. The van der Waals surface area contributed by atoms with Crippen molar-refractivity contribution in [3.63, 3.8) is 0 Å². The van der Waals surface area contributed by atoms with E-state index in [-0.39, 0.29) is 10.8 Å². The third-order valence-electron chi connectivity index (χ3n) is 13.0. The number of hydrogen-bond acceptors (Lipinski definition) is 2. The molecule has 2 nitrogen and oxygen atoms in total. The summed E-state index contributed by atoms with van der Waals surface area (Å²) in [6.45, 7) is 9.50. The highest BCUT2D eigenvalue weighted by Crippen LogP contribution is 2.57. The molecule has 0 saturated carbocycles. The number of fused-ring (bicyclic) bond motifs is 7. The molecule has 11 rings (SSSR count). The van der Waals surface area contributed by atoms with Crippen LogP contribution in [0.5, 0.6) is 0 Å². The average molecular weight is 745 g/mol. The monoisotopic (exact) mass is 744 g/mol. The second-order valence-electron chi connectivity index (χ2n) is 17.0. The van der Waals surface area contributed by atoms with Crippen LogP contribution in [0.4, 0.5) is 34.1 Å². The maximum absolute atomic E-state index is 2.56. The van der Waals surface area contributed by atoms with Gasteiger partial charge < -0.3 is 9.80 Å². The summed E-state index contributed by atoms with van der Waals surface area (Å²) >= 11 is 0. The molecule has 0 atom stereocenters. The second kappa shape index (κ2) is 12.8. The van der Waals surface area contributed by atoms with Gasteiger partial charge in [-0.1, -0.05) is 167 Å². The topological polar surface area (TPSA) is 6.48 Å². The SMILES string of the molecule is CC1(C)c2ccccc2-c2ccc(N(c3ccccc3)c3ccc4ccccc4c3N3c4ccccc4C(C)(C)c4cc(-c5ccc6ccccc6c5)ccc43)cc21. The van der Waals surface area contributed by atoms with Crippen LogP contribution in [-0.4, -0.2) is 0 Å². The summed E-state index contributed by atoms with van der Waals surface area (Å²) in [7, 11) is 0. The highest BCUT2D eigenvalue weighted by Gasteiger charge is 2.40. The summed E-state index contributed by atoms with van der Waals surface area (Å²) in [4.78, 5) is 5.04. The summed E-state index contributed by atoms with van der Waals surface area (Å²) in [6, 6.07) is 72.0. The Morgan fingerprint density at radius 1 is 0.379 bits per heavy atom. The number of benzene rings is 9. The summed E-state index contributed by atoms with van der Waals surface area (Å²) < 4.78 is 0. The first-order valence-electron chi connectivity index (χ1n) is 20.4. The van der Waals surface area contributed by atoms with Gasteiger partial charge in [0.2, 0.25) is 0 Å². The molecule has 1 aliphatic carbocycles. The first-order valence-corrected chi connectivity index (χ1v) is 20.4. The van der Waals surface area contributed by atoms with Crippen LogP contribution in [0.15, 0.2) is 194 Å². The van der Waals surface area contributed by atoms with Crippen LogP contribution in [0.1, 0.15) is 49.9 Å². The molecule has 0 unspecified atom stereocenters. The van der Waals surface area contributed by atoms with E-state index in [9.17, 15) is 0 Å². The van der Waals surface area contributed by atoms with Crippen molar-refractivity contribution in [3.05, 3.63) is 216 Å². The normalized spacial score (nSPS) is 14.4. The van der Waals surface area contributed by atoms with E-state index in [0.29, 0.717) is 0 Å². The van der Waals surface area contributed by atoms with Gasteiger partial charge in [0.25, 0.3) is 0 Å². The van der Waals surface area contributed by atoms with Gasteiger partial charge in [-0.05, 0) is 115 Å². The average Bonchev–Trinajstić information content (AvgIpc) is 3.49. The van der Waals surface area contributed by atoms with E-state index in [0.717, 1.165) is 22.7 Å². The summed E-state index contributed by atoms with van der Waals surface area (Å²) in [5, 5.41) is 4.92. The molecular weight excluding hydrogens is 701 g/mol. The van der Waals surface area contributed by atoms with E-state index in [1.165, 1.54) is 77.4 Å². The van der Waals surface area contributed by atoms with Gasteiger partial charge in [-0.25, -0.2) is 0 Å². The highest BCUT2D eigenvalue weighted by molar-refractivity contribution is 6.09. The molecule has 0 saturated heterocycles. The zero-order chi connectivity index (χ0) is 39.2. The van der Waals surface area contributed by atoms with E-state index in [1.807, 2.05) is 0 Å². The zero-order valence-corrected chi connectivity index (χ0v) is 33.4. The Hall–Kier alpha value is -6.90. The van der Waals surface area contributed by atoms with Crippen molar-refractivity contribution in [2.75, 3.05) is 9.80 Å². The molecule has 58 heavy (non-hydrogen) atoms. The molecule has 2 aliphatic rings. The van der Waals surface area contributed by atoms with Crippen molar-refractivity contribution in [2.24, 2.45) is 0 Å². The lowest BCUT2D eigenvalue weighted by atomic mass is 9.72. The van der Waals surface area contributed by atoms with Gasteiger partial charge in [0.1, 0.15) is 0 Å². The van der Waals surface area contributed by atoms with E-state index in [1.54, 1.807) is 0 Å². The highest BCUT2D eigenvalue weighted by atomic mass is 15.2. The van der Waals surface area contributed by atoms with Gasteiger partial charge in [0.15, 0.2) is 0 Å². The molecular formula is C56H44N2. The van der Waals surface area contributed by atoms with Crippen molar-refractivity contribution in [1.82, 2.24) is 0 Å². The largest absolute Gasteiger partial charge is 0.308 e. The van der Waals surface area contributed by atoms with E-state index < -0.39 is 0 Å². The van der Waals surface area contributed by atoms with Crippen LogP contribution in [0.3, 0.4) is 0 Å². The molecule has 1 aliphatic heterocycles. The number of hydrogen-bond donors (Lipinski definition) is 0. The third kappa shape index (κ3) is 5.11. The molecule has 278 valence electrons. The van der Waals surface area contributed by atoms with Crippen LogP contribution >= 0.6 is 0 Å². The van der Waals surface area contributed by atoms with Gasteiger partial charge in [-0.2, -0.15) is 0 Å². The maximum atomic E-state index is 2.56. The fraction of sp³-hybridized carbons (Fsp3) is 0.107. The van der Waals surface area contributed by atoms with Gasteiger partial charge in [-0.15, -0.1) is 0 Å². The molecule has 0 spiro atoms. The van der Waals surface area contributed by atoms with E-state index in [2.05, 4.69) is 232 Å². The molecule has 0 radical (unpaired) electrons. The minimum Gasteiger partial charge on any atom is -0.308 e. The Labute approximate surface area is 341 Å². The summed E-state index contributed by atoms with van der Waals surface area (Å²) in [5.74, 6) is 0. The van der Waals surface area contributed by atoms with Crippen molar-refractivity contribution >= 4 is 55.7 Å². The van der Waals surface area contributed by atoms with Crippen LogP contribution in [0, 0.1) is 0 Å². The second-order valence-corrected chi connectivity index (χ2v) is 17.0. The quantitative estimate of drug-likeness (QED) is 0.173. The molecule has 1 heterocycles. The molecule has 0 fully saturated rings. The first kappa shape index (κ1) is 34.4. The van der Waals surface area contributed by atoms with Crippen molar-refractivity contribution in [1.29, 1.82) is 0 Å². The standard InChI is InChI=1S/C56H44N2/c1-55(2)47-23-13-12-22-45(47)46-31-30-43(36-49(46)55)57(42-19-6-5-7-20-42)53-33-28-38-17-10-11-21-44(38)54(53)58-51-25-15-14-24-48(51)56(3,4)50-35-41(29-32-52(50)58)40-27-26-37-16-8-9-18-39(37)34-40/h5-36H,1-4H3. The maximum Gasteiger partial charge on any atom is 0.0781 e. The molecule has 0 bridgehead atoms. The first-order chi connectivity index (χ1) is 28.3. The fourth-order valence-electron chi connectivity index (χ4n) is 9.99. The van der Waals surface area contributed by atoms with E-state index >= 15 is 0 Å². The number of para-hydroxylation sites is 2. The van der Waals surface area contributed by atoms with Gasteiger partial charge in [0.05, 0.1) is 22.7 Å². The van der Waals surface area contributed by atoms with Gasteiger partial charge in [0, 0.05) is 27.6 Å². The molecule has 2 heteroatoms. The number of nitrogens with zero attached hydrogens (tertiary/aromatic N) is 2. The lowest BCUT2D eigenvalue weighted by molar-refractivity contribution is 0.632. The Morgan fingerprint density at radius 3 is 1.83 bits per heavy atom. The Morgan fingerprint density at radius 2 is 0.983 bits per heavy atom. The van der Waals surface area contributed by atoms with Crippen LogP contribution in [0.2, 0.25) is 0 Å². The number of anilines is 6. The van der Waals surface area contributed by atoms with Crippen molar-refractivity contribution in [3.8, 4) is 22.3 Å². The van der Waals surface area contributed by atoms with Crippen molar-refractivity contribution in [2.45, 2.75) is 38.5 Å². The Balaban J connectivity index is 1.17. The molecule has 9 aromatic carbocycles. The van der Waals surface area contributed by atoms with Crippen LogP contribution in [0.25, 0.3) is 43.8 Å². The fourth-order valence-corrected chi connectivity index (χ4v) is 9.99. The predicted molar refractivity (Wildman–Crippen MR) is 246 cm³/mol. The molecule has 0 aromatic heterocycles. The third-order valence-corrected chi connectivity index (χ3v) is 13.0. The van der Waals surface area contributed by atoms with Crippen LogP contribution in [-0.2, 0) is 10.8 Å². The van der Waals surface area contributed by atoms with E-state index in [4.69, 9.17) is 0 Å². The molecule has 9 aromatic rings. The lowest BCUT2D eigenvalue weighted by Gasteiger charge is -2.44. The van der Waals surface area contributed by atoms with Gasteiger partial charge >= 0.3 is 0 Å². The van der Waals surface area contributed by atoms with Crippen LogP contribution < -0.4 is 9.80 Å². The number of rotatable bonds is 5. The van der Waals surface area contributed by atoms with Gasteiger partial charge in [-0.3, -0.25) is 0 Å². The molecule has 0 amide bonds. The lowest BCUT2D eigenvalue weighted by Crippen LogP contribution is -2.31. The summed E-state index contributed by atoms with van der Waals surface area (Å²) in [6.07, 6.45) is 0. The Kier molecular flexibility index (Phi) is 7.59. The smallest absolute Gasteiger partial charge is 0.0781 e. The van der Waals surface area contributed by atoms with Crippen molar-refractivity contribution < 1.29 is 0 Å². The minimum atomic E-state index is -0.250. The predicted octanol–water partition coefficient (Wildman–Crippen LogP) is 15.5. The summed E-state index contributed by atoms with van der Waals surface area (Å²) in [5.41, 5.74) is 17.0.